The maximum Gasteiger partial charge on any atom is 0.229 e. The molecule has 4 rings (SSSR count). The summed E-state index contributed by atoms with van der Waals surface area (Å²) in [6.07, 6.45) is 0. The molecule has 2 N–H and O–H groups in total. The van der Waals surface area contributed by atoms with Crippen molar-refractivity contribution < 1.29 is 0 Å². The fraction of sp³-hybridized carbons (Fsp3) is 0.0526. The molecule has 130 valence electrons. The van der Waals surface area contributed by atoms with Gasteiger partial charge in [0.05, 0.1) is 27.8 Å². The highest BCUT2D eigenvalue weighted by Crippen LogP contribution is 2.32. The van der Waals surface area contributed by atoms with Crippen LogP contribution in [0.15, 0.2) is 60.0 Å². The van der Waals surface area contributed by atoms with Crippen LogP contribution in [0.25, 0.3) is 10.9 Å². The van der Waals surface area contributed by atoms with Crippen molar-refractivity contribution in [3.63, 3.8) is 0 Å². The highest BCUT2D eigenvalue weighted by Gasteiger charge is 2.10. The molecule has 0 bridgehead atoms. The molecule has 2 aromatic carbocycles. The summed E-state index contributed by atoms with van der Waals surface area (Å²) in [5.74, 6) is 1.23. The average Bonchev–Trinajstić information content (AvgIpc) is 3.17. The first-order chi connectivity index (χ1) is 12.7. The summed E-state index contributed by atoms with van der Waals surface area (Å²) in [7, 11) is 0. The molecule has 0 saturated heterocycles. The lowest BCUT2D eigenvalue weighted by atomic mass is 10.2. The molecule has 0 radical (unpaired) electrons. The standard InChI is InChI=1S/C19H14Cl2N4S/c20-14-7-3-9-16(17(14)21)24-19-23-15-8-2-1-6-13(15)18(25-19)22-11-12-5-4-10-26-12/h1-10H,11H2,(H2,22,23,24,25). The Balaban J connectivity index is 1.70. The number of nitrogens with one attached hydrogen (secondary N) is 2. The molecular weight excluding hydrogens is 387 g/mol. The average molecular weight is 401 g/mol. The van der Waals surface area contributed by atoms with Gasteiger partial charge in [0.25, 0.3) is 0 Å². The number of halogens is 2. The van der Waals surface area contributed by atoms with Crippen molar-refractivity contribution in [3.8, 4) is 0 Å². The summed E-state index contributed by atoms with van der Waals surface area (Å²) in [5, 5.41) is 10.5. The molecule has 0 amide bonds. The van der Waals surface area contributed by atoms with Gasteiger partial charge in [-0.3, -0.25) is 0 Å². The Morgan fingerprint density at radius 2 is 1.81 bits per heavy atom. The topological polar surface area (TPSA) is 49.8 Å². The van der Waals surface area contributed by atoms with E-state index >= 15 is 0 Å². The van der Waals surface area contributed by atoms with E-state index in [2.05, 4.69) is 32.0 Å². The Labute approximate surface area is 164 Å². The molecule has 0 aliphatic heterocycles. The lowest BCUT2D eigenvalue weighted by Gasteiger charge is -2.12. The van der Waals surface area contributed by atoms with Crippen LogP contribution in [0.1, 0.15) is 4.88 Å². The van der Waals surface area contributed by atoms with Crippen LogP contribution in [0.5, 0.6) is 0 Å². The second-order valence-corrected chi connectivity index (χ2v) is 7.39. The molecule has 0 spiro atoms. The number of fused-ring (bicyclic) bond motifs is 1. The number of thiophene rings is 1. The van der Waals surface area contributed by atoms with E-state index in [0.717, 1.165) is 16.7 Å². The maximum absolute atomic E-state index is 6.27. The molecule has 0 aliphatic rings. The highest BCUT2D eigenvalue weighted by molar-refractivity contribution is 7.09. The number of nitrogens with zero attached hydrogens (tertiary/aromatic N) is 2. The summed E-state index contributed by atoms with van der Waals surface area (Å²) in [5.41, 5.74) is 1.51. The van der Waals surface area contributed by atoms with E-state index < -0.39 is 0 Å². The number of aromatic nitrogens is 2. The number of rotatable bonds is 5. The van der Waals surface area contributed by atoms with Gasteiger partial charge in [-0.25, -0.2) is 4.98 Å². The van der Waals surface area contributed by atoms with Crippen LogP contribution in [-0.4, -0.2) is 9.97 Å². The van der Waals surface area contributed by atoms with Crippen molar-refractivity contribution in [1.82, 2.24) is 9.97 Å². The molecule has 7 heteroatoms. The Morgan fingerprint density at radius 3 is 2.65 bits per heavy atom. The number of hydrogen-bond donors (Lipinski definition) is 2. The Hall–Kier alpha value is -2.34. The third kappa shape index (κ3) is 3.60. The van der Waals surface area contributed by atoms with E-state index in [0.29, 0.717) is 28.2 Å². The van der Waals surface area contributed by atoms with E-state index in [-0.39, 0.29) is 0 Å². The van der Waals surface area contributed by atoms with Crippen LogP contribution < -0.4 is 10.6 Å². The summed E-state index contributed by atoms with van der Waals surface area (Å²) in [6.45, 7) is 0.704. The van der Waals surface area contributed by atoms with Crippen LogP contribution in [0.4, 0.5) is 17.5 Å². The quantitative estimate of drug-likeness (QED) is 0.409. The normalized spacial score (nSPS) is 10.8. The fourth-order valence-electron chi connectivity index (χ4n) is 2.57. The van der Waals surface area contributed by atoms with Crippen LogP contribution in [-0.2, 0) is 6.54 Å². The number of para-hydroxylation sites is 1. The van der Waals surface area contributed by atoms with Crippen LogP contribution >= 0.6 is 34.5 Å². The zero-order chi connectivity index (χ0) is 17.9. The first-order valence-corrected chi connectivity index (χ1v) is 9.58. The highest BCUT2D eigenvalue weighted by atomic mass is 35.5. The van der Waals surface area contributed by atoms with Crippen LogP contribution in [0, 0.1) is 0 Å². The minimum absolute atomic E-state index is 0.444. The van der Waals surface area contributed by atoms with Gasteiger partial charge in [-0.15, -0.1) is 11.3 Å². The molecule has 4 nitrogen and oxygen atoms in total. The first-order valence-electron chi connectivity index (χ1n) is 7.95. The predicted molar refractivity (Wildman–Crippen MR) is 111 cm³/mol. The fourth-order valence-corrected chi connectivity index (χ4v) is 3.56. The van der Waals surface area contributed by atoms with E-state index in [4.69, 9.17) is 23.2 Å². The summed E-state index contributed by atoms with van der Waals surface area (Å²) in [6, 6.07) is 17.4. The predicted octanol–water partition coefficient (Wildman–Crippen LogP) is 6.35. The minimum atomic E-state index is 0.444. The van der Waals surface area contributed by atoms with Gasteiger partial charge in [0.1, 0.15) is 5.82 Å². The summed E-state index contributed by atoms with van der Waals surface area (Å²) < 4.78 is 0. The largest absolute Gasteiger partial charge is 0.364 e. The molecule has 0 aliphatic carbocycles. The zero-order valence-electron chi connectivity index (χ0n) is 13.5. The SMILES string of the molecule is Clc1cccc(Nc2nc(NCc3cccs3)c3ccccc3n2)c1Cl. The third-order valence-electron chi connectivity index (χ3n) is 3.81. The van der Waals surface area contributed by atoms with Gasteiger partial charge in [0.15, 0.2) is 0 Å². The molecule has 0 saturated carbocycles. The Kier molecular flexibility index (Phi) is 4.93. The molecule has 0 unspecified atom stereocenters. The van der Waals surface area contributed by atoms with Gasteiger partial charge in [-0.05, 0) is 35.7 Å². The molecule has 0 atom stereocenters. The lowest BCUT2D eigenvalue weighted by Crippen LogP contribution is -2.05. The van der Waals surface area contributed by atoms with E-state index in [1.807, 2.05) is 42.5 Å². The minimum Gasteiger partial charge on any atom is -0.364 e. The molecule has 0 fully saturated rings. The van der Waals surface area contributed by atoms with Crippen molar-refractivity contribution in [2.24, 2.45) is 0 Å². The first kappa shape index (κ1) is 17.1. The van der Waals surface area contributed by atoms with Crippen molar-refractivity contribution in [2.75, 3.05) is 10.6 Å². The van der Waals surface area contributed by atoms with Gasteiger partial charge in [-0.1, -0.05) is 47.5 Å². The molecule has 26 heavy (non-hydrogen) atoms. The smallest absolute Gasteiger partial charge is 0.229 e. The Bertz CT molecular complexity index is 1050. The third-order valence-corrected chi connectivity index (χ3v) is 5.51. The summed E-state index contributed by atoms with van der Waals surface area (Å²) >= 11 is 14.1. The number of hydrogen-bond acceptors (Lipinski definition) is 5. The van der Waals surface area contributed by atoms with Gasteiger partial charge < -0.3 is 10.6 Å². The lowest BCUT2D eigenvalue weighted by molar-refractivity contribution is 1.13. The second-order valence-electron chi connectivity index (χ2n) is 5.57. The van der Waals surface area contributed by atoms with E-state index in [1.165, 1.54) is 4.88 Å². The number of anilines is 3. The van der Waals surface area contributed by atoms with Gasteiger partial charge in [0, 0.05) is 10.3 Å². The van der Waals surface area contributed by atoms with Crippen molar-refractivity contribution in [2.45, 2.75) is 6.54 Å². The Morgan fingerprint density at radius 1 is 0.923 bits per heavy atom. The van der Waals surface area contributed by atoms with Crippen LogP contribution in [0.3, 0.4) is 0 Å². The maximum atomic E-state index is 6.27. The van der Waals surface area contributed by atoms with E-state index in [1.54, 1.807) is 17.4 Å². The van der Waals surface area contributed by atoms with Gasteiger partial charge >= 0.3 is 0 Å². The van der Waals surface area contributed by atoms with Crippen LogP contribution in [0.2, 0.25) is 10.0 Å². The second kappa shape index (κ2) is 7.50. The van der Waals surface area contributed by atoms with Gasteiger partial charge in [-0.2, -0.15) is 4.98 Å². The zero-order valence-corrected chi connectivity index (χ0v) is 15.9. The van der Waals surface area contributed by atoms with Crippen molar-refractivity contribution >= 4 is 62.9 Å². The molecule has 2 heterocycles. The monoisotopic (exact) mass is 400 g/mol. The molecule has 2 aromatic heterocycles. The van der Waals surface area contributed by atoms with Gasteiger partial charge in [0.2, 0.25) is 5.95 Å². The molecular formula is C19H14Cl2N4S. The summed E-state index contributed by atoms with van der Waals surface area (Å²) in [4.78, 5) is 10.5. The van der Waals surface area contributed by atoms with E-state index in [9.17, 15) is 0 Å². The van der Waals surface area contributed by atoms with Crippen molar-refractivity contribution in [1.29, 1.82) is 0 Å². The molecule has 4 aromatic rings. The number of benzene rings is 2. The van der Waals surface area contributed by atoms with Crippen molar-refractivity contribution in [3.05, 3.63) is 74.9 Å².